The Hall–Kier alpha value is -0.0800. The third-order valence-corrected chi connectivity index (χ3v) is 4.19. The average Bonchev–Trinajstić information content (AvgIpc) is 2.43. The largest absolute Gasteiger partial charge is 0.393 e. The first-order chi connectivity index (χ1) is 7.27. The highest BCUT2D eigenvalue weighted by Crippen LogP contribution is 2.28. The number of aliphatic hydroxyl groups is 1. The van der Waals surface area contributed by atoms with Gasteiger partial charge in [0, 0.05) is 12.1 Å². The molecule has 0 aromatic carbocycles. The van der Waals surface area contributed by atoms with Crippen LogP contribution in [0.1, 0.15) is 58.3 Å². The van der Waals surface area contributed by atoms with E-state index in [0.717, 1.165) is 18.9 Å². The molecule has 2 nitrogen and oxygen atoms in total. The second-order valence-electron chi connectivity index (χ2n) is 5.41. The molecule has 1 saturated heterocycles. The van der Waals surface area contributed by atoms with Gasteiger partial charge in [-0.3, -0.25) is 4.90 Å². The maximum Gasteiger partial charge on any atom is 0.0555 e. The van der Waals surface area contributed by atoms with E-state index in [2.05, 4.69) is 11.8 Å². The highest BCUT2D eigenvalue weighted by molar-refractivity contribution is 4.84. The number of hydrogen-bond acceptors (Lipinski definition) is 2. The van der Waals surface area contributed by atoms with Gasteiger partial charge in [-0.15, -0.1) is 0 Å². The molecule has 0 bridgehead atoms. The summed E-state index contributed by atoms with van der Waals surface area (Å²) < 4.78 is 0. The van der Waals surface area contributed by atoms with Crippen molar-refractivity contribution in [2.75, 3.05) is 6.54 Å². The van der Waals surface area contributed by atoms with Gasteiger partial charge in [-0.25, -0.2) is 0 Å². The summed E-state index contributed by atoms with van der Waals surface area (Å²) in [4.78, 5) is 2.68. The van der Waals surface area contributed by atoms with Crippen LogP contribution >= 0.6 is 0 Å². The van der Waals surface area contributed by atoms with Crippen molar-refractivity contribution in [2.45, 2.75) is 76.5 Å². The minimum Gasteiger partial charge on any atom is -0.393 e. The predicted octanol–water partition coefficient (Wildman–Crippen LogP) is 2.55. The second kappa shape index (κ2) is 5.31. The van der Waals surface area contributed by atoms with Gasteiger partial charge < -0.3 is 5.11 Å². The Kier molecular flexibility index (Phi) is 4.04. The fourth-order valence-electron chi connectivity index (χ4n) is 3.28. The molecule has 15 heavy (non-hydrogen) atoms. The smallest absolute Gasteiger partial charge is 0.0555 e. The van der Waals surface area contributed by atoms with Crippen LogP contribution in [0.2, 0.25) is 0 Å². The minimum atomic E-state index is -0.0285. The third-order valence-electron chi connectivity index (χ3n) is 4.19. The van der Waals surface area contributed by atoms with E-state index in [1.165, 1.54) is 45.1 Å². The van der Waals surface area contributed by atoms with Crippen molar-refractivity contribution < 1.29 is 5.11 Å². The number of nitrogens with zero attached hydrogens (tertiary/aromatic N) is 1. The quantitative estimate of drug-likeness (QED) is 0.720. The van der Waals surface area contributed by atoms with Gasteiger partial charge in [0.1, 0.15) is 0 Å². The second-order valence-corrected chi connectivity index (χ2v) is 5.41. The van der Waals surface area contributed by atoms with Gasteiger partial charge in [0.05, 0.1) is 6.10 Å². The maximum atomic E-state index is 9.74. The van der Waals surface area contributed by atoms with Crippen molar-refractivity contribution in [1.29, 1.82) is 0 Å². The van der Waals surface area contributed by atoms with Crippen LogP contribution in [0, 0.1) is 0 Å². The summed E-state index contributed by atoms with van der Waals surface area (Å²) in [7, 11) is 0. The number of hydrogen-bond donors (Lipinski definition) is 1. The van der Waals surface area contributed by atoms with Crippen molar-refractivity contribution in [3.8, 4) is 0 Å². The molecule has 1 saturated carbocycles. The molecule has 2 heteroatoms. The van der Waals surface area contributed by atoms with Crippen LogP contribution < -0.4 is 0 Å². The summed E-state index contributed by atoms with van der Waals surface area (Å²) in [6.07, 6.45) is 10.0. The molecule has 2 fully saturated rings. The molecule has 1 N–H and O–H groups in total. The summed E-state index contributed by atoms with van der Waals surface area (Å²) in [5.74, 6) is 0. The number of rotatable bonds is 1. The minimum absolute atomic E-state index is 0.0285. The monoisotopic (exact) mass is 211 g/mol. The molecule has 88 valence electrons. The van der Waals surface area contributed by atoms with Crippen molar-refractivity contribution in [3.05, 3.63) is 0 Å². The van der Waals surface area contributed by atoms with Crippen molar-refractivity contribution in [3.63, 3.8) is 0 Å². The molecule has 1 heterocycles. The van der Waals surface area contributed by atoms with Crippen LogP contribution in [0.15, 0.2) is 0 Å². The summed E-state index contributed by atoms with van der Waals surface area (Å²) in [6.45, 7) is 3.63. The summed E-state index contributed by atoms with van der Waals surface area (Å²) >= 11 is 0. The molecule has 0 aromatic rings. The molecule has 3 unspecified atom stereocenters. The molecule has 1 aliphatic carbocycles. The summed E-state index contributed by atoms with van der Waals surface area (Å²) in [6, 6.07) is 1.41. The fraction of sp³-hybridized carbons (Fsp3) is 1.00. The Morgan fingerprint density at radius 3 is 2.67 bits per heavy atom. The van der Waals surface area contributed by atoms with Crippen molar-refractivity contribution in [2.24, 2.45) is 0 Å². The standard InChI is InChI=1S/C13H25NO/c1-11-6-3-2-4-9-14(11)12-7-5-8-13(15)10-12/h11-13,15H,2-10H2,1H3. The number of aliphatic hydroxyl groups excluding tert-OH is 1. The van der Waals surface area contributed by atoms with Crippen LogP contribution in [0.3, 0.4) is 0 Å². The van der Waals surface area contributed by atoms with Gasteiger partial charge in [0.2, 0.25) is 0 Å². The van der Waals surface area contributed by atoms with Crippen LogP contribution in [-0.4, -0.2) is 34.7 Å². The molecular formula is C13H25NO. The Balaban J connectivity index is 1.94. The zero-order valence-electron chi connectivity index (χ0n) is 9.99. The van der Waals surface area contributed by atoms with E-state index in [1.54, 1.807) is 0 Å². The van der Waals surface area contributed by atoms with E-state index in [0.29, 0.717) is 6.04 Å². The molecule has 1 aliphatic heterocycles. The lowest BCUT2D eigenvalue weighted by Crippen LogP contribution is -2.44. The van der Waals surface area contributed by atoms with Crippen molar-refractivity contribution in [1.82, 2.24) is 4.90 Å². The lowest BCUT2D eigenvalue weighted by molar-refractivity contribution is 0.0452. The Labute approximate surface area is 93.7 Å². The molecule has 0 aromatic heterocycles. The first-order valence-corrected chi connectivity index (χ1v) is 6.71. The Morgan fingerprint density at radius 1 is 1.00 bits per heavy atom. The van der Waals surface area contributed by atoms with Crippen LogP contribution in [-0.2, 0) is 0 Å². The normalized spacial score (nSPS) is 40.0. The van der Waals surface area contributed by atoms with Gasteiger partial charge in [0.25, 0.3) is 0 Å². The van der Waals surface area contributed by atoms with E-state index in [4.69, 9.17) is 0 Å². The molecule has 2 aliphatic rings. The first-order valence-electron chi connectivity index (χ1n) is 6.71. The maximum absolute atomic E-state index is 9.74. The lowest BCUT2D eigenvalue weighted by Gasteiger charge is -2.39. The summed E-state index contributed by atoms with van der Waals surface area (Å²) in [5, 5.41) is 9.74. The average molecular weight is 211 g/mol. The molecule has 2 rings (SSSR count). The summed E-state index contributed by atoms with van der Waals surface area (Å²) in [5.41, 5.74) is 0. The molecule has 0 spiro atoms. The van der Waals surface area contributed by atoms with Gasteiger partial charge in [-0.05, 0) is 52.0 Å². The molecule has 0 radical (unpaired) electrons. The van der Waals surface area contributed by atoms with Gasteiger partial charge in [0.15, 0.2) is 0 Å². The topological polar surface area (TPSA) is 23.5 Å². The van der Waals surface area contributed by atoms with Crippen molar-refractivity contribution >= 4 is 0 Å². The zero-order chi connectivity index (χ0) is 10.7. The SMILES string of the molecule is CC1CCCCCN1C1CCCC(O)C1. The van der Waals surface area contributed by atoms with Crippen LogP contribution in [0.25, 0.3) is 0 Å². The van der Waals surface area contributed by atoms with E-state index in [1.807, 2.05) is 0 Å². The molecular weight excluding hydrogens is 186 g/mol. The predicted molar refractivity (Wildman–Crippen MR) is 62.9 cm³/mol. The Bertz CT molecular complexity index is 195. The highest BCUT2D eigenvalue weighted by Gasteiger charge is 2.28. The van der Waals surface area contributed by atoms with E-state index < -0.39 is 0 Å². The van der Waals surface area contributed by atoms with E-state index in [-0.39, 0.29) is 6.10 Å². The van der Waals surface area contributed by atoms with E-state index >= 15 is 0 Å². The van der Waals surface area contributed by atoms with Crippen LogP contribution in [0.5, 0.6) is 0 Å². The highest BCUT2D eigenvalue weighted by atomic mass is 16.3. The van der Waals surface area contributed by atoms with Crippen LogP contribution in [0.4, 0.5) is 0 Å². The first kappa shape index (κ1) is 11.4. The van der Waals surface area contributed by atoms with E-state index in [9.17, 15) is 5.11 Å². The Morgan fingerprint density at radius 2 is 1.87 bits per heavy atom. The third kappa shape index (κ3) is 2.94. The zero-order valence-corrected chi connectivity index (χ0v) is 9.99. The fourth-order valence-corrected chi connectivity index (χ4v) is 3.28. The number of likely N-dealkylation sites (tertiary alicyclic amines) is 1. The van der Waals surface area contributed by atoms with Gasteiger partial charge >= 0.3 is 0 Å². The molecule has 3 atom stereocenters. The lowest BCUT2D eigenvalue weighted by atomic mass is 9.91. The van der Waals surface area contributed by atoms with Gasteiger partial charge in [-0.1, -0.05) is 12.8 Å². The molecule has 0 amide bonds. The van der Waals surface area contributed by atoms with Gasteiger partial charge in [-0.2, -0.15) is 0 Å².